The second kappa shape index (κ2) is 10.2. The number of hydrogen-bond acceptors (Lipinski definition) is 2. The Morgan fingerprint density at radius 3 is 2.41 bits per heavy atom. The average molecular weight is 399 g/mol. The van der Waals surface area contributed by atoms with Gasteiger partial charge in [-0.15, -0.1) is 0 Å². The summed E-state index contributed by atoms with van der Waals surface area (Å²) in [6, 6.07) is 11.6. The molecule has 29 heavy (non-hydrogen) atoms. The van der Waals surface area contributed by atoms with E-state index in [4.69, 9.17) is 0 Å². The first-order valence-electron chi connectivity index (χ1n) is 10.1. The minimum atomic E-state index is -0.707. The van der Waals surface area contributed by atoms with E-state index in [-0.39, 0.29) is 36.6 Å². The van der Waals surface area contributed by atoms with Crippen LogP contribution in [0.5, 0.6) is 0 Å². The number of amides is 2. The largest absolute Gasteiger partial charge is 0.352 e. The van der Waals surface area contributed by atoms with Crippen LogP contribution in [-0.2, 0) is 22.6 Å². The Hall–Kier alpha value is -2.69. The van der Waals surface area contributed by atoms with E-state index in [0.29, 0.717) is 5.56 Å². The highest BCUT2D eigenvalue weighted by molar-refractivity contribution is 5.88. The van der Waals surface area contributed by atoms with E-state index in [1.165, 1.54) is 11.0 Å². The summed E-state index contributed by atoms with van der Waals surface area (Å²) in [5.41, 5.74) is 3.40. The molecule has 5 heteroatoms. The molecule has 0 aliphatic heterocycles. The van der Waals surface area contributed by atoms with E-state index >= 15 is 0 Å². The smallest absolute Gasteiger partial charge is 0.242 e. The molecule has 156 valence electrons. The number of rotatable bonds is 8. The lowest BCUT2D eigenvalue weighted by atomic mass is 10.0. The van der Waals surface area contributed by atoms with E-state index in [2.05, 4.69) is 5.32 Å². The second-order valence-electron chi connectivity index (χ2n) is 7.71. The van der Waals surface area contributed by atoms with Crippen molar-refractivity contribution in [2.75, 3.05) is 0 Å². The number of aryl methyl sites for hydroxylation is 2. The summed E-state index contributed by atoms with van der Waals surface area (Å²) in [6.45, 7) is 9.59. The Kier molecular flexibility index (Phi) is 7.94. The normalized spacial score (nSPS) is 12.9. The molecule has 0 aromatic heterocycles. The summed E-state index contributed by atoms with van der Waals surface area (Å²) < 4.78 is 14.2. The number of halogens is 1. The highest BCUT2D eigenvalue weighted by Crippen LogP contribution is 2.17. The molecule has 0 saturated heterocycles. The van der Waals surface area contributed by atoms with E-state index in [1.54, 1.807) is 25.1 Å². The summed E-state index contributed by atoms with van der Waals surface area (Å²) >= 11 is 0. The lowest BCUT2D eigenvalue weighted by Gasteiger charge is -2.30. The molecule has 1 N–H and O–H groups in total. The molecule has 0 aliphatic rings. The van der Waals surface area contributed by atoms with Crippen LogP contribution in [0.4, 0.5) is 4.39 Å². The maximum atomic E-state index is 14.2. The Bertz CT molecular complexity index is 866. The van der Waals surface area contributed by atoms with Crippen molar-refractivity contribution in [1.82, 2.24) is 10.2 Å². The second-order valence-corrected chi connectivity index (χ2v) is 7.71. The van der Waals surface area contributed by atoms with E-state index < -0.39 is 6.04 Å². The van der Waals surface area contributed by atoms with Crippen LogP contribution in [0.1, 0.15) is 49.4 Å². The van der Waals surface area contributed by atoms with Gasteiger partial charge in [0, 0.05) is 18.2 Å². The fraction of sp³-hybridized carbons (Fsp3) is 0.417. The fourth-order valence-corrected chi connectivity index (χ4v) is 3.11. The third kappa shape index (κ3) is 6.14. The molecule has 0 bridgehead atoms. The minimum absolute atomic E-state index is 0.00869. The van der Waals surface area contributed by atoms with E-state index in [0.717, 1.165) is 23.1 Å². The van der Waals surface area contributed by atoms with Crippen molar-refractivity contribution >= 4 is 11.8 Å². The number of nitrogens with one attached hydrogen (secondary N) is 1. The molecule has 0 unspecified atom stereocenters. The van der Waals surface area contributed by atoms with Gasteiger partial charge in [0.1, 0.15) is 11.9 Å². The van der Waals surface area contributed by atoms with Crippen molar-refractivity contribution in [3.63, 3.8) is 0 Å². The first-order chi connectivity index (χ1) is 13.7. The number of carbonyl (C=O) groups is 2. The van der Waals surface area contributed by atoms with Gasteiger partial charge in [0.05, 0.1) is 6.42 Å². The zero-order valence-electron chi connectivity index (χ0n) is 18.0. The third-order valence-corrected chi connectivity index (χ3v) is 5.31. The highest BCUT2D eigenvalue weighted by atomic mass is 19.1. The van der Waals surface area contributed by atoms with Gasteiger partial charge in [-0.1, -0.05) is 48.9 Å². The first kappa shape index (κ1) is 22.6. The molecule has 0 spiro atoms. The Morgan fingerprint density at radius 1 is 1.07 bits per heavy atom. The number of benzene rings is 2. The van der Waals surface area contributed by atoms with Gasteiger partial charge in [0.15, 0.2) is 0 Å². The summed E-state index contributed by atoms with van der Waals surface area (Å²) in [5.74, 6) is -0.815. The SMILES string of the molecule is CC[C@@H](C)NC(=O)[C@@H](C)N(Cc1ccccc1F)C(=O)Cc1cc(C)ccc1C. The van der Waals surface area contributed by atoms with Gasteiger partial charge >= 0.3 is 0 Å². The van der Waals surface area contributed by atoms with Crippen LogP contribution in [0.25, 0.3) is 0 Å². The number of nitrogens with zero attached hydrogens (tertiary/aromatic N) is 1. The zero-order valence-corrected chi connectivity index (χ0v) is 18.0. The molecular formula is C24H31FN2O2. The van der Waals surface area contributed by atoms with Gasteiger partial charge in [-0.2, -0.15) is 0 Å². The molecule has 0 fully saturated rings. The molecular weight excluding hydrogens is 367 g/mol. The van der Waals surface area contributed by atoms with E-state index in [9.17, 15) is 14.0 Å². The maximum absolute atomic E-state index is 14.2. The van der Waals surface area contributed by atoms with E-state index in [1.807, 2.05) is 45.9 Å². The predicted octanol–water partition coefficient (Wildman–Crippen LogP) is 4.32. The Morgan fingerprint density at radius 2 is 1.76 bits per heavy atom. The molecule has 0 aliphatic carbocycles. The molecule has 2 rings (SSSR count). The molecule has 0 radical (unpaired) electrons. The highest BCUT2D eigenvalue weighted by Gasteiger charge is 2.27. The monoisotopic (exact) mass is 398 g/mol. The lowest BCUT2D eigenvalue weighted by Crippen LogP contribution is -2.50. The van der Waals surface area contributed by atoms with Crippen molar-refractivity contribution in [3.8, 4) is 0 Å². The summed E-state index contributed by atoms with van der Waals surface area (Å²) in [4.78, 5) is 27.4. The van der Waals surface area contributed by atoms with Crippen LogP contribution in [0, 0.1) is 19.7 Å². The zero-order chi connectivity index (χ0) is 21.6. The average Bonchev–Trinajstić information content (AvgIpc) is 2.69. The summed E-state index contributed by atoms with van der Waals surface area (Å²) in [5, 5.41) is 2.92. The Labute approximate surface area is 173 Å². The van der Waals surface area contributed by atoms with Crippen molar-refractivity contribution in [3.05, 3.63) is 70.5 Å². The lowest BCUT2D eigenvalue weighted by molar-refractivity contribution is -0.140. The van der Waals surface area contributed by atoms with Gasteiger partial charge in [-0.05, 0) is 51.3 Å². The fourth-order valence-electron chi connectivity index (χ4n) is 3.11. The van der Waals surface area contributed by atoms with Crippen LogP contribution in [0.2, 0.25) is 0 Å². The van der Waals surface area contributed by atoms with Crippen LogP contribution < -0.4 is 5.32 Å². The third-order valence-electron chi connectivity index (χ3n) is 5.31. The maximum Gasteiger partial charge on any atom is 0.242 e. The first-order valence-corrected chi connectivity index (χ1v) is 10.1. The number of carbonyl (C=O) groups excluding carboxylic acids is 2. The summed E-state index contributed by atoms with van der Waals surface area (Å²) in [6.07, 6.45) is 0.963. The van der Waals surface area contributed by atoms with Crippen LogP contribution in [0.3, 0.4) is 0 Å². The van der Waals surface area contributed by atoms with Crippen molar-refractivity contribution in [2.45, 2.75) is 66.1 Å². The topological polar surface area (TPSA) is 49.4 Å². The van der Waals surface area contributed by atoms with Gasteiger partial charge < -0.3 is 10.2 Å². The molecule has 2 aromatic carbocycles. The molecule has 2 amide bonds. The van der Waals surface area contributed by atoms with Crippen LogP contribution in [-0.4, -0.2) is 28.8 Å². The molecule has 4 nitrogen and oxygen atoms in total. The predicted molar refractivity (Wildman–Crippen MR) is 114 cm³/mol. The standard InChI is InChI=1S/C24H31FN2O2/c1-6-18(4)26-24(29)19(5)27(15-20-9-7-8-10-22(20)25)23(28)14-21-13-16(2)11-12-17(21)3/h7-13,18-19H,6,14-15H2,1-5H3,(H,26,29)/t18-,19-/m1/s1. The van der Waals surface area contributed by atoms with Gasteiger partial charge in [0.25, 0.3) is 0 Å². The van der Waals surface area contributed by atoms with Gasteiger partial charge in [-0.3, -0.25) is 9.59 Å². The molecule has 2 atom stereocenters. The van der Waals surface area contributed by atoms with Crippen molar-refractivity contribution in [1.29, 1.82) is 0 Å². The van der Waals surface area contributed by atoms with Gasteiger partial charge in [-0.25, -0.2) is 4.39 Å². The quantitative estimate of drug-likeness (QED) is 0.720. The number of hydrogen-bond donors (Lipinski definition) is 1. The molecule has 2 aromatic rings. The van der Waals surface area contributed by atoms with Crippen molar-refractivity contribution < 1.29 is 14.0 Å². The minimum Gasteiger partial charge on any atom is -0.352 e. The van der Waals surface area contributed by atoms with Crippen LogP contribution in [0.15, 0.2) is 42.5 Å². The molecule has 0 saturated carbocycles. The van der Waals surface area contributed by atoms with Gasteiger partial charge in [0.2, 0.25) is 11.8 Å². The molecule has 0 heterocycles. The van der Waals surface area contributed by atoms with Crippen molar-refractivity contribution in [2.24, 2.45) is 0 Å². The Balaban J connectivity index is 2.29. The van der Waals surface area contributed by atoms with Crippen LogP contribution >= 0.6 is 0 Å². The summed E-state index contributed by atoms with van der Waals surface area (Å²) in [7, 11) is 0.